The fourth-order valence-corrected chi connectivity index (χ4v) is 0.907. The molecule has 0 aromatic heterocycles. The lowest BCUT2D eigenvalue weighted by Gasteiger charge is -2.00. The first-order valence-electron chi connectivity index (χ1n) is 3.27. The van der Waals surface area contributed by atoms with Crippen LogP contribution in [-0.2, 0) is 0 Å². The highest BCUT2D eigenvalue weighted by Crippen LogP contribution is 2.12. The maximum atomic E-state index is 10.7. The number of aryl methyl sites for hydroxylation is 1. The second-order valence-electron chi connectivity index (χ2n) is 2.45. The summed E-state index contributed by atoms with van der Waals surface area (Å²) >= 11 is 0. The summed E-state index contributed by atoms with van der Waals surface area (Å²) in [5.74, 6) is -0.484. The van der Waals surface area contributed by atoms with Crippen LogP contribution in [0.2, 0.25) is 0 Å². The number of carbonyl (C=O) groups is 1. The summed E-state index contributed by atoms with van der Waals surface area (Å²) in [6, 6.07) is 5.16. The average molecular weight is 186 g/mol. The van der Waals surface area contributed by atoms with E-state index in [-0.39, 0.29) is 12.4 Å². The first kappa shape index (κ1) is 10.8. The van der Waals surface area contributed by atoms with Crippen LogP contribution in [0, 0.1) is 6.92 Å². The predicted octanol–water partition coefficient (Wildman–Crippen LogP) is -2.32. The number of amides is 1. The third-order valence-corrected chi connectivity index (χ3v) is 1.47. The fraction of sp³-hybridized carbons (Fsp3) is 0.125. The van der Waals surface area contributed by atoms with Gasteiger partial charge < -0.3 is 23.9 Å². The molecule has 0 fully saturated rings. The molecule has 1 amide bonds. The van der Waals surface area contributed by atoms with Gasteiger partial charge in [0, 0.05) is 5.69 Å². The molecule has 66 valence electrons. The molecule has 1 aromatic carbocycles. The van der Waals surface area contributed by atoms with Gasteiger partial charge in [-0.1, -0.05) is 6.07 Å². The molecule has 0 saturated carbocycles. The summed E-state index contributed by atoms with van der Waals surface area (Å²) in [5.41, 5.74) is 12.4. The molecule has 0 bridgehead atoms. The van der Waals surface area contributed by atoms with Crippen LogP contribution in [0.1, 0.15) is 15.9 Å². The molecule has 0 saturated heterocycles. The van der Waals surface area contributed by atoms with Crippen molar-refractivity contribution in [3.8, 4) is 0 Å². The van der Waals surface area contributed by atoms with E-state index in [1.54, 1.807) is 18.2 Å². The van der Waals surface area contributed by atoms with Gasteiger partial charge in [0.05, 0.1) is 5.56 Å². The maximum Gasteiger partial charge on any atom is 0.250 e. The van der Waals surface area contributed by atoms with Crippen molar-refractivity contribution in [1.82, 2.24) is 0 Å². The largest absolute Gasteiger partial charge is 1.00 e. The van der Waals surface area contributed by atoms with E-state index in [0.717, 1.165) is 5.56 Å². The van der Waals surface area contributed by atoms with Crippen molar-refractivity contribution in [2.24, 2.45) is 5.73 Å². The van der Waals surface area contributed by atoms with Gasteiger partial charge in [-0.25, -0.2) is 0 Å². The third kappa shape index (κ3) is 2.13. The van der Waals surface area contributed by atoms with Crippen molar-refractivity contribution in [1.29, 1.82) is 0 Å². The van der Waals surface area contributed by atoms with Gasteiger partial charge >= 0.3 is 0 Å². The normalized spacial score (nSPS) is 8.75. The van der Waals surface area contributed by atoms with Crippen LogP contribution < -0.4 is 23.9 Å². The Balaban J connectivity index is 0.00000121. The topological polar surface area (TPSA) is 69.1 Å². The lowest BCUT2D eigenvalue weighted by Crippen LogP contribution is -3.00. The predicted molar refractivity (Wildman–Crippen MR) is 44.1 cm³/mol. The zero-order chi connectivity index (χ0) is 8.43. The Kier molecular flexibility index (Phi) is 3.57. The highest BCUT2D eigenvalue weighted by atomic mass is 35.5. The zero-order valence-corrected chi connectivity index (χ0v) is 7.43. The fourth-order valence-electron chi connectivity index (χ4n) is 0.907. The van der Waals surface area contributed by atoms with Crippen LogP contribution in [0.3, 0.4) is 0 Å². The second kappa shape index (κ2) is 3.97. The summed E-state index contributed by atoms with van der Waals surface area (Å²) in [4.78, 5) is 10.7. The van der Waals surface area contributed by atoms with E-state index in [2.05, 4.69) is 0 Å². The molecule has 0 radical (unpaired) electrons. The minimum absolute atomic E-state index is 0. The Hall–Kier alpha value is -1.22. The van der Waals surface area contributed by atoms with Crippen LogP contribution in [-0.4, -0.2) is 5.91 Å². The molecule has 0 aliphatic rings. The minimum atomic E-state index is -0.484. The van der Waals surface area contributed by atoms with Crippen molar-refractivity contribution >= 4 is 11.6 Å². The van der Waals surface area contributed by atoms with Gasteiger partial charge in [0.1, 0.15) is 0 Å². The highest BCUT2D eigenvalue weighted by molar-refractivity contribution is 5.97. The number of primary amides is 1. The molecule has 3 nitrogen and oxygen atoms in total. The number of rotatable bonds is 1. The van der Waals surface area contributed by atoms with Gasteiger partial charge in [-0.05, 0) is 24.6 Å². The third-order valence-electron chi connectivity index (χ3n) is 1.47. The maximum absolute atomic E-state index is 10.7. The number of nitrogens with two attached hydrogens (primary N) is 2. The van der Waals surface area contributed by atoms with E-state index in [1.165, 1.54) is 0 Å². The van der Waals surface area contributed by atoms with Gasteiger partial charge in [0.2, 0.25) is 0 Å². The molecular formula is C8H10ClN2O-. The molecule has 0 heterocycles. The smallest absolute Gasteiger partial charge is 0.250 e. The minimum Gasteiger partial charge on any atom is -1.00 e. The number of anilines is 1. The Bertz CT molecular complexity index is 299. The molecule has 1 aromatic rings. The van der Waals surface area contributed by atoms with Crippen molar-refractivity contribution in [3.63, 3.8) is 0 Å². The van der Waals surface area contributed by atoms with E-state index in [4.69, 9.17) is 11.5 Å². The Morgan fingerprint density at radius 1 is 1.42 bits per heavy atom. The Morgan fingerprint density at radius 2 is 2.00 bits per heavy atom. The summed E-state index contributed by atoms with van der Waals surface area (Å²) in [5, 5.41) is 0. The van der Waals surface area contributed by atoms with Crippen molar-refractivity contribution in [2.45, 2.75) is 6.92 Å². The van der Waals surface area contributed by atoms with Gasteiger partial charge in [-0.3, -0.25) is 4.79 Å². The summed E-state index contributed by atoms with van der Waals surface area (Å²) in [7, 11) is 0. The molecule has 0 atom stereocenters. The van der Waals surface area contributed by atoms with Crippen LogP contribution in [0.5, 0.6) is 0 Å². The molecule has 0 aliphatic carbocycles. The quantitative estimate of drug-likeness (QED) is 0.483. The van der Waals surface area contributed by atoms with E-state index in [0.29, 0.717) is 11.3 Å². The summed E-state index contributed by atoms with van der Waals surface area (Å²) < 4.78 is 0. The average Bonchev–Trinajstić information content (AvgIpc) is 1.85. The van der Waals surface area contributed by atoms with Crippen molar-refractivity contribution in [2.75, 3.05) is 5.73 Å². The van der Waals surface area contributed by atoms with E-state index in [9.17, 15) is 4.79 Å². The zero-order valence-electron chi connectivity index (χ0n) is 6.67. The van der Waals surface area contributed by atoms with Gasteiger partial charge in [0.25, 0.3) is 5.91 Å². The number of hydrogen-bond acceptors (Lipinski definition) is 2. The SMILES string of the molecule is Cc1ccc(C(N)=O)c(N)c1.[Cl-]. The number of carbonyl (C=O) groups excluding carboxylic acids is 1. The summed E-state index contributed by atoms with van der Waals surface area (Å²) in [6.07, 6.45) is 0. The molecule has 12 heavy (non-hydrogen) atoms. The van der Waals surface area contributed by atoms with E-state index >= 15 is 0 Å². The summed E-state index contributed by atoms with van der Waals surface area (Å²) in [6.45, 7) is 1.90. The van der Waals surface area contributed by atoms with Crippen molar-refractivity contribution in [3.05, 3.63) is 29.3 Å². The van der Waals surface area contributed by atoms with Crippen LogP contribution in [0.15, 0.2) is 18.2 Å². The molecule has 1 rings (SSSR count). The van der Waals surface area contributed by atoms with Crippen LogP contribution >= 0.6 is 0 Å². The molecular weight excluding hydrogens is 176 g/mol. The van der Waals surface area contributed by atoms with Gasteiger partial charge in [0.15, 0.2) is 0 Å². The Labute approximate surface area is 77.2 Å². The van der Waals surface area contributed by atoms with Gasteiger partial charge in [-0.2, -0.15) is 0 Å². The number of benzene rings is 1. The number of halogens is 1. The van der Waals surface area contributed by atoms with Crippen LogP contribution in [0.4, 0.5) is 5.69 Å². The molecule has 0 spiro atoms. The lowest BCUT2D eigenvalue weighted by atomic mass is 10.1. The number of nitrogen functional groups attached to an aromatic ring is 1. The highest BCUT2D eigenvalue weighted by Gasteiger charge is 2.03. The molecule has 0 unspecified atom stereocenters. The molecule has 4 heteroatoms. The van der Waals surface area contributed by atoms with Gasteiger partial charge in [-0.15, -0.1) is 0 Å². The van der Waals surface area contributed by atoms with Crippen LogP contribution in [0.25, 0.3) is 0 Å². The number of hydrogen-bond donors (Lipinski definition) is 2. The lowest BCUT2D eigenvalue weighted by molar-refractivity contribution is -0.0000108. The monoisotopic (exact) mass is 185 g/mol. The Morgan fingerprint density at radius 3 is 2.42 bits per heavy atom. The first-order chi connectivity index (χ1) is 5.11. The second-order valence-corrected chi connectivity index (χ2v) is 2.45. The standard InChI is InChI=1S/C8H10N2O.ClH/c1-5-2-3-6(8(10)11)7(9)4-5;/h2-4H,9H2,1H3,(H2,10,11);1H/p-1. The molecule has 4 N–H and O–H groups in total. The van der Waals surface area contributed by atoms with E-state index < -0.39 is 5.91 Å². The first-order valence-corrected chi connectivity index (χ1v) is 3.27. The van der Waals surface area contributed by atoms with Crippen molar-refractivity contribution < 1.29 is 17.2 Å². The van der Waals surface area contributed by atoms with E-state index in [1.807, 2.05) is 6.92 Å². The molecule has 0 aliphatic heterocycles.